The summed E-state index contributed by atoms with van der Waals surface area (Å²) in [6, 6.07) is 5.42. The van der Waals surface area contributed by atoms with E-state index in [9.17, 15) is 9.59 Å². The van der Waals surface area contributed by atoms with Gasteiger partial charge < -0.3 is 15.0 Å². The average molecular weight is 302 g/mol. The minimum Gasteiger partial charge on any atom is -0.496 e. The molecule has 5 nitrogen and oxygen atoms in total. The lowest BCUT2D eigenvalue weighted by atomic mass is 10.1. The summed E-state index contributed by atoms with van der Waals surface area (Å²) in [4.78, 5) is 26.7. The maximum absolute atomic E-state index is 12.7. The summed E-state index contributed by atoms with van der Waals surface area (Å²) < 4.78 is 5.28. The van der Waals surface area contributed by atoms with Crippen molar-refractivity contribution < 1.29 is 14.3 Å². The van der Waals surface area contributed by atoms with Crippen LogP contribution in [0.15, 0.2) is 18.2 Å². The fourth-order valence-electron chi connectivity index (χ4n) is 2.93. The van der Waals surface area contributed by atoms with Gasteiger partial charge in [-0.05, 0) is 50.3 Å². The number of hydrogen-bond acceptors (Lipinski definition) is 3. The molecule has 22 heavy (non-hydrogen) atoms. The molecule has 1 aliphatic carbocycles. The predicted octanol–water partition coefficient (Wildman–Crippen LogP) is 1.89. The summed E-state index contributed by atoms with van der Waals surface area (Å²) in [5.41, 5.74) is 1.57. The van der Waals surface area contributed by atoms with Crippen molar-refractivity contribution in [3.8, 4) is 5.75 Å². The SMILES string of the molecule is COc1cc(C(=O)N2CCCC2C(=O)NC2CC2)ccc1C. The molecule has 0 aromatic heterocycles. The number of ether oxygens (including phenoxy) is 1. The molecule has 1 unspecified atom stereocenters. The van der Waals surface area contributed by atoms with Crippen molar-refractivity contribution in [2.75, 3.05) is 13.7 Å². The third-order valence-corrected chi connectivity index (χ3v) is 4.40. The first kappa shape index (κ1) is 14.9. The quantitative estimate of drug-likeness (QED) is 0.924. The molecule has 1 aliphatic heterocycles. The van der Waals surface area contributed by atoms with Crippen molar-refractivity contribution >= 4 is 11.8 Å². The summed E-state index contributed by atoms with van der Waals surface area (Å²) in [5.74, 6) is 0.600. The molecular formula is C17H22N2O3. The first-order chi connectivity index (χ1) is 10.6. The molecule has 1 N–H and O–H groups in total. The van der Waals surface area contributed by atoms with Gasteiger partial charge >= 0.3 is 0 Å². The minimum absolute atomic E-state index is 0.00701. The van der Waals surface area contributed by atoms with Crippen LogP contribution >= 0.6 is 0 Å². The van der Waals surface area contributed by atoms with Crippen molar-refractivity contribution in [1.82, 2.24) is 10.2 Å². The lowest BCUT2D eigenvalue weighted by Gasteiger charge is -2.24. The van der Waals surface area contributed by atoms with Crippen molar-refractivity contribution in [3.05, 3.63) is 29.3 Å². The first-order valence-electron chi connectivity index (χ1n) is 7.86. The molecule has 0 radical (unpaired) electrons. The van der Waals surface area contributed by atoms with E-state index >= 15 is 0 Å². The molecule has 1 saturated heterocycles. The van der Waals surface area contributed by atoms with Gasteiger partial charge in [0.25, 0.3) is 5.91 Å². The van der Waals surface area contributed by atoms with Gasteiger partial charge in [0, 0.05) is 18.2 Å². The monoisotopic (exact) mass is 302 g/mol. The predicted molar refractivity (Wildman–Crippen MR) is 83.0 cm³/mol. The summed E-state index contributed by atoms with van der Waals surface area (Å²) in [5, 5.41) is 3.01. The van der Waals surface area contributed by atoms with E-state index in [2.05, 4.69) is 5.32 Å². The number of likely N-dealkylation sites (tertiary alicyclic amines) is 1. The molecule has 1 aromatic carbocycles. The van der Waals surface area contributed by atoms with Gasteiger partial charge in [-0.2, -0.15) is 0 Å². The highest BCUT2D eigenvalue weighted by Gasteiger charge is 2.36. The highest BCUT2D eigenvalue weighted by Crippen LogP contribution is 2.25. The Kier molecular flexibility index (Phi) is 4.05. The number of nitrogens with one attached hydrogen (secondary N) is 1. The highest BCUT2D eigenvalue weighted by atomic mass is 16.5. The molecule has 3 rings (SSSR count). The Morgan fingerprint density at radius 2 is 2.05 bits per heavy atom. The second-order valence-electron chi connectivity index (χ2n) is 6.12. The number of rotatable bonds is 4. The zero-order valence-corrected chi connectivity index (χ0v) is 13.1. The molecule has 1 aromatic rings. The van der Waals surface area contributed by atoms with Gasteiger partial charge in [-0.1, -0.05) is 6.07 Å². The molecule has 0 bridgehead atoms. The fraction of sp³-hybridized carbons (Fsp3) is 0.529. The molecule has 2 amide bonds. The lowest BCUT2D eigenvalue weighted by Crippen LogP contribution is -2.46. The van der Waals surface area contributed by atoms with Crippen molar-refractivity contribution in [3.63, 3.8) is 0 Å². The average Bonchev–Trinajstić information content (AvgIpc) is 3.19. The highest BCUT2D eigenvalue weighted by molar-refractivity contribution is 5.98. The van der Waals surface area contributed by atoms with Crippen LogP contribution in [0.25, 0.3) is 0 Å². The van der Waals surface area contributed by atoms with Gasteiger partial charge in [0.15, 0.2) is 0 Å². The molecular weight excluding hydrogens is 280 g/mol. The van der Waals surface area contributed by atoms with Crippen LogP contribution in [0, 0.1) is 6.92 Å². The standard InChI is InChI=1S/C17H22N2O3/c1-11-5-6-12(10-15(11)22-2)17(21)19-9-3-4-14(19)16(20)18-13-7-8-13/h5-6,10,13-14H,3-4,7-9H2,1-2H3,(H,18,20). The van der Waals surface area contributed by atoms with Crippen molar-refractivity contribution in [2.24, 2.45) is 0 Å². The summed E-state index contributed by atoms with van der Waals surface area (Å²) in [6.45, 7) is 2.58. The van der Waals surface area contributed by atoms with E-state index in [0.717, 1.165) is 31.2 Å². The largest absolute Gasteiger partial charge is 0.496 e. The van der Waals surface area contributed by atoms with E-state index in [-0.39, 0.29) is 17.9 Å². The van der Waals surface area contributed by atoms with E-state index in [1.165, 1.54) is 0 Å². The first-order valence-corrected chi connectivity index (χ1v) is 7.86. The molecule has 5 heteroatoms. The second kappa shape index (κ2) is 5.99. The third kappa shape index (κ3) is 2.93. The number of nitrogens with zero attached hydrogens (tertiary/aromatic N) is 1. The number of hydrogen-bond donors (Lipinski definition) is 1. The Bertz CT molecular complexity index is 596. The second-order valence-corrected chi connectivity index (χ2v) is 6.12. The molecule has 2 fully saturated rings. The number of carbonyl (C=O) groups excluding carboxylic acids is 2. The smallest absolute Gasteiger partial charge is 0.254 e. The van der Waals surface area contributed by atoms with Gasteiger partial charge in [0.2, 0.25) is 5.91 Å². The molecule has 118 valence electrons. The van der Waals surface area contributed by atoms with Crippen LogP contribution in [-0.2, 0) is 4.79 Å². The fourth-order valence-corrected chi connectivity index (χ4v) is 2.93. The Labute approximate surface area is 130 Å². The zero-order valence-electron chi connectivity index (χ0n) is 13.1. The molecule has 1 saturated carbocycles. The third-order valence-electron chi connectivity index (χ3n) is 4.40. The van der Waals surface area contributed by atoms with Crippen LogP contribution in [0.3, 0.4) is 0 Å². The van der Waals surface area contributed by atoms with Crippen molar-refractivity contribution in [1.29, 1.82) is 0 Å². The van der Waals surface area contributed by atoms with Crippen LogP contribution in [0.4, 0.5) is 0 Å². The van der Waals surface area contributed by atoms with Gasteiger partial charge in [-0.15, -0.1) is 0 Å². The van der Waals surface area contributed by atoms with Crippen LogP contribution in [0.2, 0.25) is 0 Å². The number of carbonyl (C=O) groups is 2. The Morgan fingerprint density at radius 1 is 1.27 bits per heavy atom. The van der Waals surface area contributed by atoms with Crippen LogP contribution in [0.1, 0.15) is 41.6 Å². The maximum Gasteiger partial charge on any atom is 0.254 e. The lowest BCUT2D eigenvalue weighted by molar-refractivity contribution is -0.125. The molecule has 1 heterocycles. The number of aryl methyl sites for hydroxylation is 1. The van der Waals surface area contributed by atoms with Gasteiger partial charge in [0.05, 0.1) is 7.11 Å². The molecule has 1 atom stereocenters. The zero-order chi connectivity index (χ0) is 15.7. The van der Waals surface area contributed by atoms with Crippen LogP contribution in [-0.4, -0.2) is 42.5 Å². The van der Waals surface area contributed by atoms with Crippen molar-refractivity contribution in [2.45, 2.75) is 44.7 Å². The van der Waals surface area contributed by atoms with Gasteiger partial charge in [-0.3, -0.25) is 9.59 Å². The summed E-state index contributed by atoms with van der Waals surface area (Å²) in [6.07, 6.45) is 3.73. The molecule has 0 spiro atoms. The van der Waals surface area contributed by atoms with Crippen LogP contribution in [0.5, 0.6) is 5.75 Å². The molecule has 2 aliphatic rings. The van der Waals surface area contributed by atoms with Gasteiger partial charge in [0.1, 0.15) is 11.8 Å². The maximum atomic E-state index is 12.7. The summed E-state index contributed by atoms with van der Waals surface area (Å²) >= 11 is 0. The number of amides is 2. The summed E-state index contributed by atoms with van der Waals surface area (Å²) in [7, 11) is 1.60. The Hall–Kier alpha value is -2.04. The van der Waals surface area contributed by atoms with E-state index < -0.39 is 0 Å². The number of benzene rings is 1. The van der Waals surface area contributed by atoms with E-state index in [1.807, 2.05) is 13.0 Å². The van der Waals surface area contributed by atoms with Gasteiger partial charge in [-0.25, -0.2) is 0 Å². The van der Waals surface area contributed by atoms with E-state index in [0.29, 0.717) is 23.9 Å². The Balaban J connectivity index is 1.76. The minimum atomic E-state index is -0.333. The van der Waals surface area contributed by atoms with Crippen LogP contribution < -0.4 is 10.1 Å². The number of methoxy groups -OCH3 is 1. The topological polar surface area (TPSA) is 58.6 Å². The normalized spacial score (nSPS) is 20.8. The van der Waals surface area contributed by atoms with E-state index in [1.54, 1.807) is 24.1 Å². The van der Waals surface area contributed by atoms with E-state index in [4.69, 9.17) is 4.74 Å². The Morgan fingerprint density at radius 3 is 2.73 bits per heavy atom.